The van der Waals surface area contributed by atoms with Crippen LogP contribution in [0.4, 0.5) is 0 Å². The summed E-state index contributed by atoms with van der Waals surface area (Å²) < 4.78 is 0. The smallest absolute Gasteiger partial charge is 0.0969 e. The van der Waals surface area contributed by atoms with Gasteiger partial charge in [-0.25, -0.2) is 0 Å². The summed E-state index contributed by atoms with van der Waals surface area (Å²) in [5.74, 6) is 0. The fourth-order valence-electron chi connectivity index (χ4n) is 3.71. The van der Waals surface area contributed by atoms with Gasteiger partial charge in [0.25, 0.3) is 0 Å². The van der Waals surface area contributed by atoms with Gasteiger partial charge in [0.1, 0.15) is 7.85 Å². The second-order valence-electron chi connectivity index (χ2n) is 8.02. The van der Waals surface area contributed by atoms with Crippen LogP contribution in [0.5, 0.6) is 0 Å². The van der Waals surface area contributed by atoms with Crippen LogP contribution in [0.3, 0.4) is 0 Å². The summed E-state index contributed by atoms with van der Waals surface area (Å²) in [5.41, 5.74) is 9.80. The lowest BCUT2D eigenvalue weighted by atomic mass is 8.85. The predicted octanol–water partition coefficient (Wildman–Crippen LogP) is 1.00. The molecule has 0 N–H and O–H groups in total. The lowest BCUT2D eigenvalue weighted by molar-refractivity contribution is 1.35. The van der Waals surface area contributed by atoms with Gasteiger partial charge in [0.05, 0.1) is 13.0 Å². The molecule has 0 spiro atoms. The van der Waals surface area contributed by atoms with Gasteiger partial charge in [-0.05, 0) is 73.6 Å². The van der Waals surface area contributed by atoms with Crippen LogP contribution in [0.2, 0.25) is 0 Å². The molecule has 0 aliphatic rings. The van der Waals surface area contributed by atoms with Crippen LogP contribution in [0.15, 0.2) is 30.3 Å². The maximum absolute atomic E-state index is 6.25. The van der Waals surface area contributed by atoms with Gasteiger partial charge in [0.15, 0.2) is 0 Å². The minimum absolute atomic E-state index is 0.523. The van der Waals surface area contributed by atoms with E-state index in [1.54, 1.807) is 0 Å². The van der Waals surface area contributed by atoms with Crippen molar-refractivity contribution in [1.29, 1.82) is 0 Å². The predicted molar refractivity (Wildman–Crippen MR) is 145 cm³/mol. The molecule has 2 aromatic rings. The van der Waals surface area contributed by atoms with Crippen molar-refractivity contribution in [1.82, 2.24) is 0 Å². The van der Waals surface area contributed by atoms with Crippen LogP contribution < -0.4 is 10.9 Å². The van der Waals surface area contributed by atoms with Crippen LogP contribution in [0, 0.1) is 20.8 Å². The van der Waals surface area contributed by atoms with E-state index >= 15 is 0 Å². The number of allylic oxidation sites excluding steroid dienone is 2. The van der Waals surface area contributed by atoms with Gasteiger partial charge in [-0.15, -0.1) is 0 Å². The topological polar surface area (TPSA) is 0 Å². The van der Waals surface area contributed by atoms with Crippen LogP contribution in [0.1, 0.15) is 47.2 Å². The molecule has 0 heterocycles. The fraction of sp³-hybridized carbons (Fsp3) is 0.238. The average Bonchev–Trinajstić information content (AvgIpc) is 2.66. The first kappa shape index (κ1) is 24.8. The SMILES string of the molecule is [B]B([B])B([B])C(=CC)c1cc(C)c(/C(C)=C/c2cc(C)c(C)cc2[B])cc1B([B])[B]. The van der Waals surface area contributed by atoms with Crippen LogP contribution in [0.25, 0.3) is 17.1 Å². The molecule has 0 nitrogen and oxygen atoms in total. The van der Waals surface area contributed by atoms with Gasteiger partial charge >= 0.3 is 0 Å². The summed E-state index contributed by atoms with van der Waals surface area (Å²) in [6.45, 7) is 8.95. The quantitative estimate of drug-likeness (QED) is 0.526. The zero-order valence-corrected chi connectivity index (χ0v) is 18.7. The van der Waals surface area contributed by atoms with E-state index in [1.165, 1.54) is 11.1 Å². The van der Waals surface area contributed by atoms with Crippen LogP contribution >= 0.6 is 0 Å². The Morgan fingerprint density at radius 2 is 1.43 bits per heavy atom. The average molecular weight is 371 g/mol. The van der Waals surface area contributed by atoms with E-state index in [0.717, 1.165) is 44.2 Å². The lowest BCUT2D eigenvalue weighted by Gasteiger charge is -2.24. The first-order valence-electron chi connectivity index (χ1n) is 10.1. The van der Waals surface area contributed by atoms with Crippen molar-refractivity contribution in [2.24, 2.45) is 0 Å². The van der Waals surface area contributed by atoms with Gasteiger partial charge in [0.2, 0.25) is 0 Å². The standard InChI is InChI=1S/C21H21B9/c1-6-20(29(25)30(26)27)18-9-15(5)17(11-21(18)28(23)24)14(4)8-16-7-12(2)13(3)10-19(16)22/h6-11H,1-5H3/b14-8+,20-6?. The third-order valence-corrected chi connectivity index (χ3v) is 5.65. The highest BCUT2D eigenvalue weighted by atomic mass is 14.1. The zero-order chi connectivity index (χ0) is 22.7. The normalized spacial score (nSPS) is 12.0. The maximum atomic E-state index is 6.25. The van der Waals surface area contributed by atoms with Crippen LogP contribution in [-0.2, 0) is 0 Å². The number of hydrogen-bond donors (Lipinski definition) is 0. The second kappa shape index (κ2) is 10.2. The van der Waals surface area contributed by atoms with Crippen molar-refractivity contribution in [2.75, 3.05) is 0 Å². The number of rotatable bonds is 6. The van der Waals surface area contributed by atoms with E-state index in [-0.39, 0.29) is 0 Å². The van der Waals surface area contributed by atoms with Gasteiger partial charge < -0.3 is 0 Å². The van der Waals surface area contributed by atoms with Gasteiger partial charge in [-0.3, -0.25) is 0 Å². The Labute approximate surface area is 192 Å². The Morgan fingerprint density at radius 3 is 1.97 bits per heavy atom. The summed E-state index contributed by atoms with van der Waals surface area (Å²) in [6, 6.07) is 8.18. The van der Waals surface area contributed by atoms with Gasteiger partial charge in [-0.1, -0.05) is 52.8 Å². The molecular weight excluding hydrogens is 350 g/mol. The molecule has 9 heteroatoms. The van der Waals surface area contributed by atoms with E-state index in [2.05, 4.69) is 39.0 Å². The summed E-state index contributed by atoms with van der Waals surface area (Å²) in [5, 5.41) is 0. The summed E-state index contributed by atoms with van der Waals surface area (Å²) >= 11 is 0. The number of hydrogen-bond acceptors (Lipinski definition) is 0. The minimum atomic E-state index is -0.688. The molecule has 2 rings (SSSR count). The number of aryl methyl sites for hydroxylation is 3. The Kier molecular flexibility index (Phi) is 8.43. The van der Waals surface area contributed by atoms with Gasteiger partial charge in [0, 0.05) is 45.1 Å². The molecule has 0 atom stereocenters. The third kappa shape index (κ3) is 5.40. The van der Waals surface area contributed by atoms with E-state index in [4.69, 9.17) is 46.5 Å². The van der Waals surface area contributed by atoms with Crippen molar-refractivity contribution in [3.05, 3.63) is 63.7 Å². The minimum Gasteiger partial charge on any atom is -0.0969 e. The highest BCUT2D eigenvalue weighted by Gasteiger charge is 2.21. The van der Waals surface area contributed by atoms with Crippen molar-refractivity contribution in [2.45, 2.75) is 34.6 Å². The second-order valence-corrected chi connectivity index (χ2v) is 8.02. The first-order chi connectivity index (χ1) is 14.0. The summed E-state index contributed by atoms with van der Waals surface area (Å²) in [7, 11) is 36.4. The molecular formula is C21H21B9. The first-order valence-corrected chi connectivity index (χ1v) is 10.1. The molecule has 12 radical (unpaired) electrons. The van der Waals surface area contributed by atoms with Gasteiger partial charge in [-0.2, -0.15) is 0 Å². The van der Waals surface area contributed by atoms with E-state index in [0.29, 0.717) is 0 Å². The Balaban J connectivity index is 2.63. The molecule has 0 aromatic heterocycles. The molecule has 132 valence electrons. The lowest BCUT2D eigenvalue weighted by Crippen LogP contribution is -2.43. The third-order valence-electron chi connectivity index (χ3n) is 5.65. The van der Waals surface area contributed by atoms with E-state index < -0.39 is 19.4 Å². The molecule has 0 saturated carbocycles. The molecule has 0 saturated heterocycles. The van der Waals surface area contributed by atoms with Crippen molar-refractivity contribution in [3.8, 4) is 0 Å². The molecule has 0 bridgehead atoms. The molecule has 0 amide bonds. The van der Waals surface area contributed by atoms with E-state index in [9.17, 15) is 0 Å². The van der Waals surface area contributed by atoms with Crippen molar-refractivity contribution >= 4 is 94.0 Å². The Hall–Kier alpha value is -1.50. The zero-order valence-electron chi connectivity index (χ0n) is 18.7. The van der Waals surface area contributed by atoms with Crippen molar-refractivity contribution in [3.63, 3.8) is 0 Å². The molecule has 0 unspecified atom stereocenters. The summed E-state index contributed by atoms with van der Waals surface area (Å²) in [4.78, 5) is 0. The largest absolute Gasteiger partial charge is 0.114 e. The highest BCUT2D eigenvalue weighted by molar-refractivity contribution is 7.70. The molecule has 0 aliphatic carbocycles. The molecule has 0 aliphatic heterocycles. The number of benzene rings is 2. The highest BCUT2D eigenvalue weighted by Crippen LogP contribution is 2.25. The fourth-order valence-corrected chi connectivity index (χ4v) is 3.71. The Morgan fingerprint density at radius 1 is 0.833 bits per heavy atom. The van der Waals surface area contributed by atoms with Crippen molar-refractivity contribution < 1.29 is 0 Å². The van der Waals surface area contributed by atoms with Crippen LogP contribution in [-0.4, -0.2) is 65.9 Å². The molecule has 0 fully saturated rings. The Bertz CT molecular complexity index is 990. The monoisotopic (exact) mass is 372 g/mol. The molecule has 30 heavy (non-hydrogen) atoms. The maximum Gasteiger partial charge on any atom is 0.114 e. The molecule has 2 aromatic carbocycles. The van der Waals surface area contributed by atoms with E-state index in [1.807, 2.05) is 32.1 Å². The summed E-state index contributed by atoms with van der Waals surface area (Å²) in [6.07, 6.45) is 3.32.